The number of piperidine rings is 1. The number of aromatic nitrogens is 4. The molecule has 1 atom stereocenters. The van der Waals surface area contributed by atoms with Gasteiger partial charge in [0.15, 0.2) is 27.6 Å². The van der Waals surface area contributed by atoms with E-state index >= 15 is 0 Å². The highest BCUT2D eigenvalue weighted by atomic mass is 32.2. The normalized spacial score (nSPS) is 23.5. The molecule has 5 heterocycles. The molecule has 0 N–H and O–H groups in total. The summed E-state index contributed by atoms with van der Waals surface area (Å²) in [5.74, 6) is 1.24. The molecule has 3 fully saturated rings. The molecule has 1 aliphatic carbocycles. The minimum atomic E-state index is -3.32. The van der Waals surface area contributed by atoms with E-state index in [0.717, 1.165) is 29.7 Å². The van der Waals surface area contributed by atoms with Crippen LogP contribution < -0.4 is 0 Å². The number of halogens is 1. The van der Waals surface area contributed by atoms with Crippen molar-refractivity contribution in [1.29, 1.82) is 0 Å². The number of benzene rings is 2. The highest BCUT2D eigenvalue weighted by Crippen LogP contribution is 2.50. The Kier molecular flexibility index (Phi) is 6.21. The van der Waals surface area contributed by atoms with E-state index in [1.165, 1.54) is 18.5 Å². The molecule has 0 radical (unpaired) electrons. The van der Waals surface area contributed by atoms with Gasteiger partial charge in [0.25, 0.3) is 0 Å². The molecule has 1 spiro atoms. The van der Waals surface area contributed by atoms with Crippen LogP contribution in [0.3, 0.4) is 0 Å². The SMILES string of the molecule is Cc1ncn(-c2ccc(/C=C3\CC4(COC4)CN4C3=NOC4(CCS(=O)(=O)CC3CC3)c3ccc(F)cc3)c3ncoc23)n1. The van der Waals surface area contributed by atoms with Crippen molar-refractivity contribution in [1.82, 2.24) is 24.6 Å². The summed E-state index contributed by atoms with van der Waals surface area (Å²) in [5.41, 5.74) is 2.94. The van der Waals surface area contributed by atoms with E-state index in [2.05, 4.69) is 25.1 Å². The van der Waals surface area contributed by atoms with Crippen LogP contribution in [0, 0.1) is 24.1 Å². The molecule has 44 heavy (non-hydrogen) atoms. The molecule has 2 aromatic heterocycles. The number of oxazole rings is 1. The van der Waals surface area contributed by atoms with Crippen LogP contribution in [-0.2, 0) is 25.1 Å². The fourth-order valence-corrected chi connectivity index (χ4v) is 8.37. The fraction of sp³-hybridized carbons (Fsp3) is 0.419. The molecule has 11 nitrogen and oxygen atoms in total. The first-order chi connectivity index (χ1) is 21.2. The molecule has 4 aromatic rings. The van der Waals surface area contributed by atoms with Crippen LogP contribution in [0.25, 0.3) is 22.9 Å². The number of nitrogens with zero attached hydrogens (tertiary/aromatic N) is 6. The predicted octanol–water partition coefficient (Wildman–Crippen LogP) is 4.37. The quantitative estimate of drug-likeness (QED) is 0.283. The van der Waals surface area contributed by atoms with Crippen LogP contribution in [0.1, 0.15) is 42.6 Å². The number of rotatable bonds is 8. The lowest BCUT2D eigenvalue weighted by atomic mass is 9.74. The van der Waals surface area contributed by atoms with Crippen molar-refractivity contribution in [2.24, 2.45) is 16.5 Å². The third-order valence-corrected chi connectivity index (χ3v) is 10.9. The second-order valence-electron chi connectivity index (χ2n) is 12.5. The van der Waals surface area contributed by atoms with Crippen LogP contribution in [0.5, 0.6) is 0 Å². The summed E-state index contributed by atoms with van der Waals surface area (Å²) < 4.78 is 53.5. The Hall–Kier alpha value is -4.10. The van der Waals surface area contributed by atoms with Gasteiger partial charge in [-0.15, -0.1) is 0 Å². The molecule has 2 saturated heterocycles. The monoisotopic (exact) mass is 618 g/mol. The van der Waals surface area contributed by atoms with E-state index in [-0.39, 0.29) is 35.1 Å². The third-order valence-electron chi connectivity index (χ3n) is 9.05. The van der Waals surface area contributed by atoms with Gasteiger partial charge in [0.05, 0.1) is 24.7 Å². The summed E-state index contributed by atoms with van der Waals surface area (Å²) in [6, 6.07) is 9.94. The standard InChI is InChI=1S/C31H31FN6O5S/c1-20-33-18-38(35-20)26-9-4-22(27-28(26)42-19-34-27)12-23-13-30(16-41-17-30)15-37-29(23)36-43-31(37,24-5-7-25(32)8-6-24)10-11-44(39,40)14-21-2-3-21/h4-9,12,18-19,21H,2-3,10-11,13-17H2,1H3/b23-12+. The number of sulfone groups is 1. The Morgan fingerprint density at radius 1 is 1.11 bits per heavy atom. The van der Waals surface area contributed by atoms with Gasteiger partial charge >= 0.3 is 0 Å². The summed E-state index contributed by atoms with van der Waals surface area (Å²) in [7, 11) is -3.32. The first-order valence-corrected chi connectivity index (χ1v) is 16.6. The molecule has 0 amide bonds. The molecule has 1 unspecified atom stereocenters. The van der Waals surface area contributed by atoms with Crippen molar-refractivity contribution in [3.63, 3.8) is 0 Å². The average molecular weight is 619 g/mol. The van der Waals surface area contributed by atoms with Gasteiger partial charge in [-0.3, -0.25) is 0 Å². The van der Waals surface area contributed by atoms with Crippen LogP contribution >= 0.6 is 0 Å². The molecule has 1 saturated carbocycles. The predicted molar refractivity (Wildman–Crippen MR) is 159 cm³/mol. The summed E-state index contributed by atoms with van der Waals surface area (Å²) in [5, 5.41) is 9.02. The van der Waals surface area contributed by atoms with Gasteiger partial charge in [-0.2, -0.15) is 5.10 Å². The van der Waals surface area contributed by atoms with Crippen molar-refractivity contribution in [2.75, 3.05) is 31.3 Å². The zero-order valence-electron chi connectivity index (χ0n) is 24.1. The average Bonchev–Trinajstić information content (AvgIpc) is 3.34. The third kappa shape index (κ3) is 4.69. The summed E-state index contributed by atoms with van der Waals surface area (Å²) in [4.78, 5) is 17.1. The molecule has 0 bridgehead atoms. The van der Waals surface area contributed by atoms with Gasteiger partial charge in [0, 0.05) is 29.5 Å². The Morgan fingerprint density at radius 3 is 2.64 bits per heavy atom. The Balaban J connectivity index is 1.19. The lowest BCUT2D eigenvalue weighted by Crippen LogP contribution is -2.60. The zero-order chi connectivity index (χ0) is 30.1. The summed E-state index contributed by atoms with van der Waals surface area (Å²) >= 11 is 0. The van der Waals surface area contributed by atoms with Crippen molar-refractivity contribution < 1.29 is 26.8 Å². The Morgan fingerprint density at radius 2 is 1.93 bits per heavy atom. The van der Waals surface area contributed by atoms with Crippen molar-refractivity contribution in [3.8, 4) is 5.69 Å². The van der Waals surface area contributed by atoms with Gasteiger partial charge in [-0.25, -0.2) is 27.5 Å². The van der Waals surface area contributed by atoms with Crippen molar-refractivity contribution >= 4 is 32.8 Å². The highest BCUT2D eigenvalue weighted by molar-refractivity contribution is 7.91. The summed E-state index contributed by atoms with van der Waals surface area (Å²) in [6.45, 7) is 3.49. The molecule has 2 aromatic carbocycles. The first-order valence-electron chi connectivity index (χ1n) is 14.8. The second kappa shape index (κ2) is 9.96. The topological polar surface area (TPSA) is 125 Å². The van der Waals surface area contributed by atoms with Gasteiger partial charge < -0.3 is 18.9 Å². The van der Waals surface area contributed by atoms with Gasteiger partial charge in [0.2, 0.25) is 5.72 Å². The maximum absolute atomic E-state index is 14.1. The lowest BCUT2D eigenvalue weighted by Gasteiger charge is -2.51. The van der Waals surface area contributed by atoms with Crippen molar-refractivity contribution in [2.45, 2.75) is 38.3 Å². The van der Waals surface area contributed by atoms with E-state index in [0.29, 0.717) is 54.5 Å². The van der Waals surface area contributed by atoms with Crippen LogP contribution in [-0.4, -0.2) is 70.2 Å². The van der Waals surface area contributed by atoms with Crippen molar-refractivity contribution in [3.05, 3.63) is 77.5 Å². The number of oxime groups is 1. The minimum Gasteiger partial charge on any atom is -0.441 e. The van der Waals surface area contributed by atoms with Crippen LogP contribution in [0.15, 0.2) is 64.3 Å². The number of ether oxygens (including phenoxy) is 1. The Labute approximate surface area is 253 Å². The maximum Gasteiger partial charge on any atom is 0.238 e. The number of amidine groups is 1. The number of fused-ring (bicyclic) bond motifs is 2. The first kappa shape index (κ1) is 27.4. The largest absolute Gasteiger partial charge is 0.441 e. The van der Waals surface area contributed by atoms with E-state index in [9.17, 15) is 12.8 Å². The van der Waals surface area contributed by atoms with E-state index in [1.54, 1.807) is 23.1 Å². The van der Waals surface area contributed by atoms with Gasteiger partial charge in [-0.05, 0) is 62.0 Å². The fourth-order valence-electron chi connectivity index (χ4n) is 6.56. The number of hydrogen-bond acceptors (Lipinski definition) is 10. The molecule has 8 rings (SSSR count). The van der Waals surface area contributed by atoms with Gasteiger partial charge in [-0.1, -0.05) is 23.4 Å². The van der Waals surface area contributed by atoms with E-state index in [4.69, 9.17) is 14.0 Å². The molecule has 228 valence electrons. The maximum atomic E-state index is 14.1. The zero-order valence-corrected chi connectivity index (χ0v) is 25.0. The number of hydrogen-bond donors (Lipinski definition) is 0. The molecule has 3 aliphatic heterocycles. The van der Waals surface area contributed by atoms with Gasteiger partial charge in [0.1, 0.15) is 29.2 Å². The smallest absolute Gasteiger partial charge is 0.238 e. The van der Waals surface area contributed by atoms with Crippen LogP contribution in [0.2, 0.25) is 0 Å². The molecular weight excluding hydrogens is 587 g/mol. The second-order valence-corrected chi connectivity index (χ2v) is 14.7. The van der Waals surface area contributed by atoms with Crippen LogP contribution in [0.4, 0.5) is 4.39 Å². The molecular formula is C31H31FN6O5S. The van der Waals surface area contributed by atoms with E-state index in [1.807, 2.05) is 25.1 Å². The number of aryl methyl sites for hydroxylation is 1. The lowest BCUT2D eigenvalue weighted by molar-refractivity contribution is -0.166. The molecule has 13 heteroatoms. The minimum absolute atomic E-state index is 0.0640. The summed E-state index contributed by atoms with van der Waals surface area (Å²) in [6.07, 6.45) is 7.83. The molecule has 4 aliphatic rings. The Bertz CT molecular complexity index is 1930. The van der Waals surface area contributed by atoms with E-state index < -0.39 is 15.6 Å². The highest BCUT2D eigenvalue weighted by Gasteiger charge is 2.57.